The maximum Gasteiger partial charge on any atom is 0.335 e. The average Bonchev–Trinajstić information content (AvgIpc) is 2.78. The lowest BCUT2D eigenvalue weighted by molar-refractivity contribution is -0.120. The summed E-state index contributed by atoms with van der Waals surface area (Å²) >= 11 is 0. The lowest BCUT2D eigenvalue weighted by Crippen LogP contribution is -2.37. The second-order valence-electron chi connectivity index (χ2n) is 7.21. The molecule has 3 unspecified atom stereocenters. The molecule has 120 valence electrons. The van der Waals surface area contributed by atoms with Crippen molar-refractivity contribution in [1.82, 2.24) is 0 Å². The zero-order valence-electron chi connectivity index (χ0n) is 13.4. The summed E-state index contributed by atoms with van der Waals surface area (Å²) in [5.74, 6) is -0.879. The van der Waals surface area contributed by atoms with E-state index in [0.717, 1.165) is 19.1 Å². The van der Waals surface area contributed by atoms with Gasteiger partial charge in [-0.1, -0.05) is 39.0 Å². The molecular weight excluding hydrogens is 280 g/mol. The number of carbonyl (C=O) groups is 2. The fourth-order valence-electron chi connectivity index (χ4n) is 4.02. The third kappa shape index (κ3) is 2.26. The van der Waals surface area contributed by atoms with Gasteiger partial charge in [0.15, 0.2) is 0 Å². The normalized spacial score (nSPS) is 34.6. The van der Waals surface area contributed by atoms with Gasteiger partial charge in [-0.3, -0.25) is 0 Å². The fourth-order valence-corrected chi connectivity index (χ4v) is 4.02. The number of carbonyl (C=O) groups excluding carboxylic acids is 1. The summed E-state index contributed by atoms with van der Waals surface area (Å²) in [7, 11) is 0. The van der Waals surface area contributed by atoms with Gasteiger partial charge in [0.05, 0.1) is 11.7 Å². The Morgan fingerprint density at radius 3 is 2.05 bits per heavy atom. The van der Waals surface area contributed by atoms with Gasteiger partial charge in [0.2, 0.25) is 0 Å². The molecule has 0 aromatic heterocycles. The van der Waals surface area contributed by atoms with E-state index in [1.165, 1.54) is 0 Å². The monoisotopic (exact) mass is 304 g/mol. The Kier molecular flexibility index (Phi) is 4.18. The number of benzene rings is 1. The number of aromatic carboxylic acids is 1. The molecule has 0 heterocycles. The highest BCUT2D eigenvalue weighted by Crippen LogP contribution is 2.71. The van der Waals surface area contributed by atoms with Gasteiger partial charge in [-0.25, -0.2) is 4.79 Å². The number of hydrogen-bond donors (Lipinski definition) is 2. The van der Waals surface area contributed by atoms with Crippen LogP contribution in [0.25, 0.3) is 0 Å². The van der Waals surface area contributed by atoms with Crippen molar-refractivity contribution in [1.29, 1.82) is 0 Å². The first kappa shape index (κ1) is 16.7. The van der Waals surface area contributed by atoms with Gasteiger partial charge in [-0.05, 0) is 42.2 Å². The SMILES string of the molecule is CC12CCC(C=O)(CC1O)C2(C)C.O=C(O)c1ccccc1. The molecule has 0 aliphatic heterocycles. The third-order valence-corrected chi connectivity index (χ3v) is 6.30. The predicted octanol–water partition coefficient (Wildman–Crippen LogP) is 3.15. The molecule has 2 saturated carbocycles. The third-order valence-electron chi connectivity index (χ3n) is 6.30. The van der Waals surface area contributed by atoms with E-state index in [9.17, 15) is 14.7 Å². The van der Waals surface area contributed by atoms with E-state index < -0.39 is 5.97 Å². The maximum absolute atomic E-state index is 11.2. The smallest absolute Gasteiger partial charge is 0.335 e. The van der Waals surface area contributed by atoms with Crippen molar-refractivity contribution in [2.75, 3.05) is 0 Å². The van der Waals surface area contributed by atoms with E-state index >= 15 is 0 Å². The molecule has 0 saturated heterocycles. The summed E-state index contributed by atoms with van der Waals surface area (Å²) < 4.78 is 0. The van der Waals surface area contributed by atoms with Crippen LogP contribution in [0.15, 0.2) is 30.3 Å². The van der Waals surface area contributed by atoms with Crippen molar-refractivity contribution in [2.24, 2.45) is 16.2 Å². The molecule has 2 N–H and O–H groups in total. The average molecular weight is 304 g/mol. The molecule has 0 amide bonds. The molecule has 2 aliphatic carbocycles. The standard InChI is InChI=1S/C11H18O2.C7H6O2/c1-9(2)10(3)4-5-11(9,7-12)6-8(10)13;8-7(9)6-4-2-1-3-5-6/h7-8,13H,4-6H2,1-3H3;1-5H,(H,8,9). The Bertz CT molecular complexity index is 566. The van der Waals surface area contributed by atoms with Crippen LogP contribution < -0.4 is 0 Å². The highest BCUT2D eigenvalue weighted by Gasteiger charge is 2.69. The first-order valence-corrected chi connectivity index (χ1v) is 7.63. The first-order chi connectivity index (χ1) is 10.2. The van der Waals surface area contributed by atoms with Gasteiger partial charge >= 0.3 is 5.97 Å². The summed E-state index contributed by atoms with van der Waals surface area (Å²) in [4.78, 5) is 21.4. The summed E-state index contributed by atoms with van der Waals surface area (Å²) in [5, 5.41) is 18.3. The summed E-state index contributed by atoms with van der Waals surface area (Å²) in [6.45, 7) is 6.38. The molecule has 1 aromatic rings. The van der Waals surface area contributed by atoms with Crippen molar-refractivity contribution in [3.8, 4) is 0 Å². The molecule has 4 heteroatoms. The van der Waals surface area contributed by atoms with Crippen molar-refractivity contribution in [3.05, 3.63) is 35.9 Å². The largest absolute Gasteiger partial charge is 0.478 e. The number of carboxylic acid groups (broad SMARTS) is 1. The van der Waals surface area contributed by atoms with Crippen molar-refractivity contribution in [3.63, 3.8) is 0 Å². The number of aldehydes is 1. The summed E-state index contributed by atoms with van der Waals surface area (Å²) in [6, 6.07) is 8.30. The van der Waals surface area contributed by atoms with Crippen LogP contribution in [0.5, 0.6) is 0 Å². The highest BCUT2D eigenvalue weighted by atomic mass is 16.4. The number of aliphatic hydroxyl groups excluding tert-OH is 1. The van der Waals surface area contributed by atoms with Gasteiger partial charge < -0.3 is 15.0 Å². The second-order valence-corrected chi connectivity index (χ2v) is 7.21. The minimum absolute atomic E-state index is 0.0405. The minimum atomic E-state index is -0.879. The minimum Gasteiger partial charge on any atom is -0.478 e. The Labute approximate surface area is 131 Å². The number of rotatable bonds is 2. The topological polar surface area (TPSA) is 74.6 Å². The Balaban J connectivity index is 0.000000172. The van der Waals surface area contributed by atoms with Gasteiger partial charge in [0, 0.05) is 5.41 Å². The number of carboxylic acids is 1. The summed E-state index contributed by atoms with van der Waals surface area (Å²) in [5.41, 5.74) is -0.00604. The maximum atomic E-state index is 11.2. The fraction of sp³-hybridized carbons (Fsp3) is 0.556. The lowest BCUT2D eigenvalue weighted by atomic mass is 9.65. The van der Waals surface area contributed by atoms with E-state index in [1.807, 2.05) is 0 Å². The number of aliphatic hydroxyl groups is 1. The van der Waals surface area contributed by atoms with Crippen LogP contribution in [-0.2, 0) is 4.79 Å². The molecule has 3 atom stereocenters. The van der Waals surface area contributed by atoms with Gasteiger partial charge in [-0.2, -0.15) is 0 Å². The zero-order valence-corrected chi connectivity index (χ0v) is 13.4. The van der Waals surface area contributed by atoms with E-state index in [1.54, 1.807) is 30.3 Å². The van der Waals surface area contributed by atoms with Crippen LogP contribution in [0, 0.1) is 16.2 Å². The van der Waals surface area contributed by atoms with Crippen LogP contribution in [0.3, 0.4) is 0 Å². The highest BCUT2D eigenvalue weighted by molar-refractivity contribution is 5.87. The molecule has 22 heavy (non-hydrogen) atoms. The summed E-state index contributed by atoms with van der Waals surface area (Å²) in [6.07, 6.45) is 3.41. The van der Waals surface area contributed by atoms with E-state index in [0.29, 0.717) is 12.0 Å². The quantitative estimate of drug-likeness (QED) is 0.823. The van der Waals surface area contributed by atoms with Gasteiger partial charge in [0.1, 0.15) is 6.29 Å². The van der Waals surface area contributed by atoms with Crippen molar-refractivity contribution in [2.45, 2.75) is 46.1 Å². The molecule has 0 radical (unpaired) electrons. The van der Waals surface area contributed by atoms with Gasteiger partial charge in [-0.15, -0.1) is 0 Å². The molecule has 0 spiro atoms. The van der Waals surface area contributed by atoms with Gasteiger partial charge in [0.25, 0.3) is 0 Å². The van der Waals surface area contributed by atoms with Crippen LogP contribution in [-0.4, -0.2) is 28.6 Å². The molecule has 4 nitrogen and oxygen atoms in total. The lowest BCUT2D eigenvalue weighted by Gasteiger charge is -2.38. The van der Waals surface area contributed by atoms with Crippen molar-refractivity contribution < 1.29 is 19.8 Å². The Morgan fingerprint density at radius 1 is 1.18 bits per heavy atom. The molecule has 2 aliphatic rings. The van der Waals surface area contributed by atoms with E-state index in [2.05, 4.69) is 20.8 Å². The molecular formula is C18H24O4. The van der Waals surface area contributed by atoms with Crippen LogP contribution in [0.2, 0.25) is 0 Å². The van der Waals surface area contributed by atoms with Crippen molar-refractivity contribution >= 4 is 12.3 Å². The number of fused-ring (bicyclic) bond motifs is 2. The molecule has 2 bridgehead atoms. The zero-order chi connectivity index (χ0) is 16.6. The van der Waals surface area contributed by atoms with Crippen LogP contribution in [0.1, 0.15) is 50.4 Å². The molecule has 1 aromatic carbocycles. The Hall–Kier alpha value is -1.68. The van der Waals surface area contributed by atoms with Crippen LogP contribution >= 0.6 is 0 Å². The second kappa shape index (κ2) is 5.51. The van der Waals surface area contributed by atoms with E-state index in [-0.39, 0.29) is 22.3 Å². The number of hydrogen-bond acceptors (Lipinski definition) is 3. The van der Waals surface area contributed by atoms with Crippen LogP contribution in [0.4, 0.5) is 0 Å². The molecule has 3 rings (SSSR count). The Morgan fingerprint density at radius 2 is 1.77 bits per heavy atom. The molecule has 2 fully saturated rings. The van der Waals surface area contributed by atoms with E-state index in [4.69, 9.17) is 5.11 Å². The predicted molar refractivity (Wildman–Crippen MR) is 83.6 cm³/mol. The first-order valence-electron chi connectivity index (χ1n) is 7.63.